The van der Waals surface area contributed by atoms with Gasteiger partial charge in [0.15, 0.2) is 0 Å². The molecule has 3 saturated heterocycles. The normalized spacial score (nSPS) is 27.9. The average Bonchev–Trinajstić information content (AvgIpc) is 3.32. The molecule has 6 heteroatoms. The van der Waals surface area contributed by atoms with E-state index in [1.165, 1.54) is 0 Å². The van der Waals surface area contributed by atoms with Crippen LogP contribution in [0.5, 0.6) is 0 Å². The van der Waals surface area contributed by atoms with E-state index in [0.717, 1.165) is 64.3 Å². The van der Waals surface area contributed by atoms with Crippen LogP contribution in [0.4, 0.5) is 5.69 Å². The second-order valence-corrected chi connectivity index (χ2v) is 7.18. The van der Waals surface area contributed by atoms with Gasteiger partial charge >= 0.3 is 0 Å². The molecule has 2 atom stereocenters. The van der Waals surface area contributed by atoms with Gasteiger partial charge in [0.25, 0.3) is 0 Å². The largest absolute Gasteiger partial charge is 0.340 e. The molecule has 134 valence electrons. The first-order chi connectivity index (χ1) is 12.2. The zero-order chi connectivity index (χ0) is 17.2. The summed E-state index contributed by atoms with van der Waals surface area (Å²) in [5.74, 6) is 0.632. The number of benzene rings is 1. The monoisotopic (exact) mass is 342 g/mol. The third kappa shape index (κ3) is 3.28. The molecule has 2 amide bonds. The van der Waals surface area contributed by atoms with Crippen LogP contribution < -0.4 is 10.2 Å². The van der Waals surface area contributed by atoms with Crippen molar-refractivity contribution in [3.05, 3.63) is 30.3 Å². The molecule has 0 spiro atoms. The van der Waals surface area contributed by atoms with Crippen LogP contribution in [0.1, 0.15) is 12.8 Å². The summed E-state index contributed by atoms with van der Waals surface area (Å²) >= 11 is 0. The zero-order valence-electron chi connectivity index (χ0n) is 14.6. The molecule has 3 heterocycles. The van der Waals surface area contributed by atoms with Crippen LogP contribution in [-0.4, -0.2) is 73.5 Å². The van der Waals surface area contributed by atoms with E-state index in [-0.39, 0.29) is 23.8 Å². The fourth-order valence-corrected chi connectivity index (χ4v) is 4.25. The van der Waals surface area contributed by atoms with E-state index in [1.807, 2.05) is 40.1 Å². The molecule has 3 fully saturated rings. The SMILES string of the molecule is O=C(C1CCNC1)N1CCN(C2CCN(c3ccccc3)C2=O)CC1. The number of nitrogens with zero attached hydrogens (tertiary/aromatic N) is 3. The Kier molecular flexibility index (Phi) is 4.72. The highest BCUT2D eigenvalue weighted by molar-refractivity contribution is 5.99. The molecule has 1 aromatic rings. The number of rotatable bonds is 3. The number of piperazine rings is 1. The highest BCUT2D eigenvalue weighted by atomic mass is 16.2. The summed E-state index contributed by atoms with van der Waals surface area (Å²) in [6.45, 7) is 5.61. The van der Waals surface area contributed by atoms with Gasteiger partial charge in [-0.2, -0.15) is 0 Å². The van der Waals surface area contributed by atoms with E-state index in [2.05, 4.69) is 10.2 Å². The number of hydrogen-bond donors (Lipinski definition) is 1. The number of nitrogens with one attached hydrogen (secondary N) is 1. The van der Waals surface area contributed by atoms with Crippen LogP contribution in [-0.2, 0) is 9.59 Å². The van der Waals surface area contributed by atoms with Gasteiger partial charge < -0.3 is 15.1 Å². The standard InChI is InChI=1S/C19H26N4O2/c24-18(15-6-8-20-14-15)22-12-10-21(11-13-22)17-7-9-23(19(17)25)16-4-2-1-3-5-16/h1-5,15,17,20H,6-14H2. The summed E-state index contributed by atoms with van der Waals surface area (Å²) in [4.78, 5) is 31.5. The Morgan fingerprint density at radius 3 is 2.44 bits per heavy atom. The van der Waals surface area contributed by atoms with Gasteiger partial charge in [-0.1, -0.05) is 18.2 Å². The maximum atomic E-state index is 12.8. The molecule has 3 aliphatic heterocycles. The molecular formula is C19H26N4O2. The van der Waals surface area contributed by atoms with Gasteiger partial charge in [-0.05, 0) is 31.5 Å². The molecule has 1 aromatic carbocycles. The van der Waals surface area contributed by atoms with E-state index < -0.39 is 0 Å². The summed E-state index contributed by atoms with van der Waals surface area (Å²) in [7, 11) is 0. The third-order valence-corrected chi connectivity index (χ3v) is 5.72. The Morgan fingerprint density at radius 2 is 1.76 bits per heavy atom. The number of para-hydroxylation sites is 1. The minimum atomic E-state index is -0.0365. The Labute approximate surface area is 148 Å². The van der Waals surface area contributed by atoms with Crippen LogP contribution in [0.15, 0.2) is 30.3 Å². The topological polar surface area (TPSA) is 55.9 Å². The van der Waals surface area contributed by atoms with Crippen molar-refractivity contribution in [3.8, 4) is 0 Å². The number of hydrogen-bond acceptors (Lipinski definition) is 4. The molecule has 0 aromatic heterocycles. The summed E-state index contributed by atoms with van der Waals surface area (Å²) < 4.78 is 0. The van der Waals surface area contributed by atoms with Gasteiger partial charge in [-0.25, -0.2) is 0 Å². The van der Waals surface area contributed by atoms with Crippen molar-refractivity contribution in [2.24, 2.45) is 5.92 Å². The van der Waals surface area contributed by atoms with Gasteiger partial charge in [0.2, 0.25) is 11.8 Å². The number of carbonyl (C=O) groups excluding carboxylic acids is 2. The zero-order valence-corrected chi connectivity index (χ0v) is 14.6. The molecule has 6 nitrogen and oxygen atoms in total. The van der Waals surface area contributed by atoms with E-state index in [9.17, 15) is 9.59 Å². The Bertz CT molecular complexity index is 622. The second-order valence-electron chi connectivity index (χ2n) is 7.18. The summed E-state index contributed by atoms with van der Waals surface area (Å²) in [6.07, 6.45) is 1.82. The Balaban J connectivity index is 1.34. The molecule has 25 heavy (non-hydrogen) atoms. The van der Waals surface area contributed by atoms with Crippen LogP contribution in [0.2, 0.25) is 0 Å². The predicted octanol–water partition coefficient (Wildman–Crippen LogP) is 0.546. The minimum Gasteiger partial charge on any atom is -0.340 e. The van der Waals surface area contributed by atoms with Crippen molar-refractivity contribution in [2.75, 3.05) is 50.7 Å². The van der Waals surface area contributed by atoms with Crippen molar-refractivity contribution in [1.82, 2.24) is 15.1 Å². The van der Waals surface area contributed by atoms with Crippen LogP contribution in [0.25, 0.3) is 0 Å². The van der Waals surface area contributed by atoms with E-state index >= 15 is 0 Å². The quantitative estimate of drug-likeness (QED) is 0.871. The highest BCUT2D eigenvalue weighted by Gasteiger charge is 2.38. The van der Waals surface area contributed by atoms with Gasteiger partial charge in [0, 0.05) is 45.0 Å². The molecule has 0 aliphatic carbocycles. The first kappa shape index (κ1) is 16.5. The van der Waals surface area contributed by atoms with Crippen molar-refractivity contribution in [1.29, 1.82) is 0 Å². The fraction of sp³-hybridized carbons (Fsp3) is 0.579. The molecule has 0 saturated carbocycles. The second kappa shape index (κ2) is 7.14. The Morgan fingerprint density at radius 1 is 1.00 bits per heavy atom. The van der Waals surface area contributed by atoms with Crippen LogP contribution in [0, 0.1) is 5.92 Å². The molecule has 3 aliphatic rings. The lowest BCUT2D eigenvalue weighted by atomic mass is 10.1. The first-order valence-electron chi connectivity index (χ1n) is 9.34. The molecule has 1 N–H and O–H groups in total. The minimum absolute atomic E-state index is 0.0365. The maximum Gasteiger partial charge on any atom is 0.244 e. The lowest BCUT2D eigenvalue weighted by Gasteiger charge is -2.38. The lowest BCUT2D eigenvalue weighted by molar-refractivity contribution is -0.137. The summed E-state index contributed by atoms with van der Waals surface area (Å²) in [6, 6.07) is 9.86. The Hall–Kier alpha value is -1.92. The number of carbonyl (C=O) groups is 2. The van der Waals surface area contributed by atoms with Gasteiger partial charge in [-0.15, -0.1) is 0 Å². The van der Waals surface area contributed by atoms with E-state index in [4.69, 9.17) is 0 Å². The molecule has 0 radical (unpaired) electrons. The summed E-state index contributed by atoms with van der Waals surface area (Å²) in [5, 5.41) is 3.26. The smallest absolute Gasteiger partial charge is 0.244 e. The lowest BCUT2D eigenvalue weighted by Crippen LogP contribution is -2.54. The van der Waals surface area contributed by atoms with Crippen LogP contribution >= 0.6 is 0 Å². The van der Waals surface area contributed by atoms with E-state index in [0.29, 0.717) is 0 Å². The average molecular weight is 342 g/mol. The van der Waals surface area contributed by atoms with Crippen molar-refractivity contribution in [2.45, 2.75) is 18.9 Å². The van der Waals surface area contributed by atoms with Gasteiger partial charge in [-0.3, -0.25) is 14.5 Å². The molecule has 4 rings (SSSR count). The molecule has 2 unspecified atom stereocenters. The van der Waals surface area contributed by atoms with Crippen molar-refractivity contribution in [3.63, 3.8) is 0 Å². The first-order valence-corrected chi connectivity index (χ1v) is 9.34. The highest BCUT2D eigenvalue weighted by Crippen LogP contribution is 2.25. The fourth-order valence-electron chi connectivity index (χ4n) is 4.25. The molecule has 0 bridgehead atoms. The predicted molar refractivity (Wildman–Crippen MR) is 96.3 cm³/mol. The molecular weight excluding hydrogens is 316 g/mol. The summed E-state index contributed by atoms with van der Waals surface area (Å²) in [5.41, 5.74) is 0.984. The van der Waals surface area contributed by atoms with Crippen LogP contribution in [0.3, 0.4) is 0 Å². The maximum absolute atomic E-state index is 12.8. The van der Waals surface area contributed by atoms with E-state index in [1.54, 1.807) is 0 Å². The van der Waals surface area contributed by atoms with Crippen molar-refractivity contribution < 1.29 is 9.59 Å². The van der Waals surface area contributed by atoms with Crippen molar-refractivity contribution >= 4 is 17.5 Å². The van der Waals surface area contributed by atoms with Gasteiger partial charge in [0.1, 0.15) is 0 Å². The third-order valence-electron chi connectivity index (χ3n) is 5.72. The van der Waals surface area contributed by atoms with Gasteiger partial charge in [0.05, 0.1) is 12.0 Å². The number of amides is 2. The number of anilines is 1.